The molecule has 0 spiro atoms. The number of rotatable bonds is 27. The lowest BCUT2D eigenvalue weighted by Crippen LogP contribution is -2.02. The molecule has 0 radical (unpaired) electrons. The summed E-state index contributed by atoms with van der Waals surface area (Å²) < 4.78 is 22.0. The number of unbranched alkanes of at least 4 members (excludes halogenated alkanes) is 18. The van der Waals surface area contributed by atoms with Crippen LogP contribution in [0.25, 0.3) is 0 Å². The molecule has 0 aromatic carbocycles. The van der Waals surface area contributed by atoms with E-state index in [-0.39, 0.29) is 19.8 Å². The van der Waals surface area contributed by atoms with Crippen molar-refractivity contribution in [3.63, 3.8) is 0 Å². The molecular formula is C30H72N3O7P. The molecule has 0 atom stereocenters. The maximum absolute atomic E-state index is 11.8. The summed E-state index contributed by atoms with van der Waals surface area (Å²) in [5.74, 6) is 0. The fourth-order valence-electron chi connectivity index (χ4n) is 3.58. The van der Waals surface area contributed by atoms with Crippen LogP contribution in [0.3, 0.4) is 0 Å². The first-order chi connectivity index (χ1) is 19.9. The standard InChI is InChI=1S/C24H51O4P.3C2H7NO/c1-3-5-7-9-11-13-15-17-19-21-23-27-29(25,26)28-24-22-20-18-16-14-12-10-8-6-4-2;3*3-1-2-4/h3-24H2,1-2H3,(H,25,26);3*4H,1-3H2. The third kappa shape index (κ3) is 60.0. The Bertz CT molecular complexity index is 422. The van der Waals surface area contributed by atoms with Crippen molar-refractivity contribution in [3.05, 3.63) is 0 Å². The van der Waals surface area contributed by atoms with E-state index in [2.05, 4.69) is 13.8 Å². The van der Waals surface area contributed by atoms with E-state index < -0.39 is 7.82 Å². The molecule has 254 valence electrons. The smallest absolute Gasteiger partial charge is 0.395 e. The van der Waals surface area contributed by atoms with E-state index in [0.29, 0.717) is 32.8 Å². The molecule has 41 heavy (non-hydrogen) atoms. The largest absolute Gasteiger partial charge is 0.472 e. The van der Waals surface area contributed by atoms with Crippen molar-refractivity contribution in [2.75, 3.05) is 52.7 Å². The molecule has 11 heteroatoms. The topological polar surface area (TPSA) is 195 Å². The summed E-state index contributed by atoms with van der Waals surface area (Å²) in [4.78, 5) is 9.71. The van der Waals surface area contributed by atoms with Crippen LogP contribution in [-0.4, -0.2) is 72.9 Å². The molecule has 0 aromatic heterocycles. The van der Waals surface area contributed by atoms with Gasteiger partial charge in [-0.3, -0.25) is 9.05 Å². The van der Waals surface area contributed by atoms with E-state index in [0.717, 1.165) is 25.7 Å². The summed E-state index contributed by atoms with van der Waals surface area (Å²) in [6, 6.07) is 0. The normalized spacial score (nSPS) is 10.7. The Balaban J connectivity index is -0.000000477. The first-order valence-electron chi connectivity index (χ1n) is 16.4. The van der Waals surface area contributed by atoms with Crippen LogP contribution < -0.4 is 17.2 Å². The average Bonchev–Trinajstić information content (AvgIpc) is 2.99. The Labute approximate surface area is 253 Å². The van der Waals surface area contributed by atoms with Crippen molar-refractivity contribution in [1.29, 1.82) is 0 Å². The van der Waals surface area contributed by atoms with Crippen LogP contribution in [-0.2, 0) is 13.6 Å². The molecule has 10 N–H and O–H groups in total. The zero-order valence-corrected chi connectivity index (χ0v) is 27.9. The zero-order chi connectivity index (χ0) is 31.7. The van der Waals surface area contributed by atoms with Gasteiger partial charge in [0.1, 0.15) is 0 Å². The SMILES string of the molecule is CCCCCCCCCCCCOP(=O)(O)OCCCCCCCCCCCC.NCCO.NCCO.NCCO. The maximum atomic E-state index is 11.8. The van der Waals surface area contributed by atoms with Gasteiger partial charge in [-0.2, -0.15) is 0 Å². The minimum atomic E-state index is -3.85. The number of aliphatic hydroxyl groups is 3. The molecule has 0 saturated heterocycles. The first-order valence-corrected chi connectivity index (χ1v) is 17.9. The summed E-state index contributed by atoms with van der Waals surface area (Å²) in [6.45, 7) is 6.55. The maximum Gasteiger partial charge on any atom is 0.472 e. The predicted molar refractivity (Wildman–Crippen MR) is 174 cm³/mol. The van der Waals surface area contributed by atoms with Crippen molar-refractivity contribution in [3.8, 4) is 0 Å². The molecule has 0 unspecified atom stereocenters. The van der Waals surface area contributed by atoms with Gasteiger partial charge in [-0.05, 0) is 12.8 Å². The van der Waals surface area contributed by atoms with Crippen LogP contribution in [0.4, 0.5) is 0 Å². The van der Waals surface area contributed by atoms with Crippen molar-refractivity contribution in [2.24, 2.45) is 17.2 Å². The lowest BCUT2D eigenvalue weighted by atomic mass is 10.1. The Hall–Kier alpha value is -0.130. The van der Waals surface area contributed by atoms with E-state index in [1.165, 1.54) is 103 Å². The highest BCUT2D eigenvalue weighted by atomic mass is 31.2. The van der Waals surface area contributed by atoms with Crippen molar-refractivity contribution < 1.29 is 33.8 Å². The van der Waals surface area contributed by atoms with Gasteiger partial charge >= 0.3 is 7.82 Å². The lowest BCUT2D eigenvalue weighted by molar-refractivity contribution is 0.145. The number of aliphatic hydroxyl groups excluding tert-OH is 3. The number of hydrogen-bond donors (Lipinski definition) is 7. The van der Waals surface area contributed by atoms with Gasteiger partial charge in [-0.15, -0.1) is 0 Å². The molecule has 0 bridgehead atoms. The van der Waals surface area contributed by atoms with Gasteiger partial charge in [0.15, 0.2) is 0 Å². The molecule has 0 aliphatic rings. The zero-order valence-electron chi connectivity index (χ0n) is 27.0. The van der Waals surface area contributed by atoms with Gasteiger partial charge < -0.3 is 37.4 Å². The van der Waals surface area contributed by atoms with Crippen LogP contribution in [0.5, 0.6) is 0 Å². The minimum Gasteiger partial charge on any atom is -0.395 e. The summed E-state index contributed by atoms with van der Waals surface area (Å²) in [5.41, 5.74) is 14.3. The van der Waals surface area contributed by atoms with Gasteiger partial charge in [0.25, 0.3) is 0 Å². The van der Waals surface area contributed by atoms with E-state index in [1.807, 2.05) is 0 Å². The summed E-state index contributed by atoms with van der Waals surface area (Å²) in [7, 11) is -3.85. The number of hydrogen-bond acceptors (Lipinski definition) is 9. The molecule has 0 aliphatic carbocycles. The van der Waals surface area contributed by atoms with E-state index in [9.17, 15) is 9.46 Å². The van der Waals surface area contributed by atoms with Gasteiger partial charge in [0, 0.05) is 19.6 Å². The van der Waals surface area contributed by atoms with Crippen LogP contribution in [0.2, 0.25) is 0 Å². The Morgan fingerprint density at radius 1 is 0.463 bits per heavy atom. The molecule has 0 aromatic rings. The molecule has 0 fully saturated rings. The Morgan fingerprint density at radius 3 is 0.854 bits per heavy atom. The second kappa shape index (κ2) is 46.8. The Kier molecular flexibility index (Phi) is 54.6. The quantitative estimate of drug-likeness (QED) is 0.0439. The molecule has 0 saturated carbocycles. The summed E-state index contributed by atoms with van der Waals surface area (Å²) in [5, 5.41) is 23.2. The monoisotopic (exact) mass is 618 g/mol. The molecule has 0 rings (SSSR count). The van der Waals surface area contributed by atoms with Crippen molar-refractivity contribution >= 4 is 7.82 Å². The average molecular weight is 618 g/mol. The summed E-state index contributed by atoms with van der Waals surface area (Å²) in [6.07, 6.45) is 24.8. The second-order valence-electron chi connectivity index (χ2n) is 10.0. The Morgan fingerprint density at radius 2 is 0.659 bits per heavy atom. The van der Waals surface area contributed by atoms with E-state index in [4.69, 9.17) is 41.6 Å². The van der Waals surface area contributed by atoms with Gasteiger partial charge in [-0.25, -0.2) is 4.57 Å². The number of nitrogens with two attached hydrogens (primary N) is 3. The van der Waals surface area contributed by atoms with Crippen molar-refractivity contribution in [2.45, 2.75) is 142 Å². The first kappa shape index (κ1) is 47.8. The van der Waals surface area contributed by atoms with Crippen LogP contribution in [0.15, 0.2) is 0 Å². The van der Waals surface area contributed by atoms with Gasteiger partial charge in [-0.1, -0.05) is 129 Å². The fraction of sp³-hybridized carbons (Fsp3) is 1.00. The van der Waals surface area contributed by atoms with Crippen LogP contribution in [0.1, 0.15) is 142 Å². The molecule has 0 aliphatic heterocycles. The van der Waals surface area contributed by atoms with E-state index in [1.54, 1.807) is 0 Å². The molecule has 10 nitrogen and oxygen atoms in total. The van der Waals surface area contributed by atoms with E-state index >= 15 is 0 Å². The third-order valence-electron chi connectivity index (χ3n) is 5.89. The lowest BCUT2D eigenvalue weighted by Gasteiger charge is -2.12. The number of phosphoric ester groups is 1. The minimum absolute atomic E-state index is 0.0972. The van der Waals surface area contributed by atoms with Gasteiger partial charge in [0.2, 0.25) is 0 Å². The molecule has 0 heterocycles. The predicted octanol–water partition coefficient (Wildman–Crippen LogP) is 5.77. The fourth-order valence-corrected chi connectivity index (χ4v) is 4.37. The molecule has 0 amide bonds. The highest BCUT2D eigenvalue weighted by Gasteiger charge is 2.19. The third-order valence-corrected chi connectivity index (χ3v) is 6.91. The highest BCUT2D eigenvalue weighted by molar-refractivity contribution is 7.47. The summed E-state index contributed by atoms with van der Waals surface area (Å²) >= 11 is 0. The molecular weight excluding hydrogens is 545 g/mol. The van der Waals surface area contributed by atoms with Crippen molar-refractivity contribution in [1.82, 2.24) is 0 Å². The second-order valence-corrected chi connectivity index (χ2v) is 11.5. The van der Waals surface area contributed by atoms with Gasteiger partial charge in [0.05, 0.1) is 33.0 Å². The van der Waals surface area contributed by atoms with Crippen LogP contribution in [0, 0.1) is 0 Å². The van der Waals surface area contributed by atoms with Crippen LogP contribution >= 0.6 is 7.82 Å². The highest BCUT2D eigenvalue weighted by Crippen LogP contribution is 2.43. The number of phosphoric acid groups is 1.